The van der Waals surface area contributed by atoms with Crippen molar-refractivity contribution in [1.82, 2.24) is 0 Å². The molecule has 0 spiro atoms. The van der Waals surface area contributed by atoms with E-state index in [2.05, 4.69) is 4.90 Å². The Morgan fingerprint density at radius 1 is 1.53 bits per heavy atom. The largest absolute Gasteiger partial charge is 0.465 e. The lowest BCUT2D eigenvalue weighted by Gasteiger charge is -2.26. The van der Waals surface area contributed by atoms with E-state index in [1.165, 1.54) is 7.11 Å². The molecule has 0 aliphatic carbocycles. The molecule has 1 atom stereocenters. The molecular weight excluding hydrogens is 244 g/mol. The van der Waals surface area contributed by atoms with E-state index in [4.69, 9.17) is 15.2 Å². The number of nitrogens with zero attached hydrogens (tertiary/aromatic N) is 1. The minimum absolute atomic E-state index is 0.156. The fourth-order valence-electron chi connectivity index (χ4n) is 2.28. The molecule has 5 heteroatoms. The molecule has 19 heavy (non-hydrogen) atoms. The Morgan fingerprint density at radius 3 is 3.05 bits per heavy atom. The van der Waals surface area contributed by atoms with Crippen LogP contribution in [0.3, 0.4) is 0 Å². The minimum atomic E-state index is -0.347. The number of hydrogen-bond donors (Lipinski definition) is 1. The number of carbonyl (C=O) groups excluding carboxylic acids is 1. The summed E-state index contributed by atoms with van der Waals surface area (Å²) in [5.74, 6) is -0.347. The summed E-state index contributed by atoms with van der Waals surface area (Å²) in [5.41, 5.74) is 8.09. The first-order chi connectivity index (χ1) is 9.11. The molecule has 5 nitrogen and oxygen atoms in total. The fourth-order valence-corrected chi connectivity index (χ4v) is 2.28. The number of rotatable bonds is 2. The lowest BCUT2D eigenvalue weighted by molar-refractivity contribution is 0.0601. The normalized spacial score (nSPS) is 19.9. The van der Waals surface area contributed by atoms with Crippen molar-refractivity contribution < 1.29 is 14.3 Å². The smallest absolute Gasteiger partial charge is 0.337 e. The van der Waals surface area contributed by atoms with Crippen LogP contribution in [-0.4, -0.2) is 38.9 Å². The summed E-state index contributed by atoms with van der Waals surface area (Å²) in [7, 11) is 1.38. The van der Waals surface area contributed by atoms with Gasteiger partial charge in [-0.3, -0.25) is 0 Å². The zero-order valence-corrected chi connectivity index (χ0v) is 11.4. The summed E-state index contributed by atoms with van der Waals surface area (Å²) < 4.78 is 10.4. The third-order valence-corrected chi connectivity index (χ3v) is 3.24. The Bertz CT molecular complexity index is 462. The average Bonchev–Trinajstić information content (AvgIpc) is 2.63. The van der Waals surface area contributed by atoms with Crippen LogP contribution in [0.15, 0.2) is 18.2 Å². The molecule has 0 radical (unpaired) electrons. The number of esters is 1. The van der Waals surface area contributed by atoms with Crippen molar-refractivity contribution in [2.75, 3.05) is 37.4 Å². The van der Waals surface area contributed by atoms with Gasteiger partial charge in [0.25, 0.3) is 0 Å². The average molecular weight is 264 g/mol. The molecule has 1 fully saturated rings. The maximum Gasteiger partial charge on any atom is 0.337 e. The molecule has 0 amide bonds. The van der Waals surface area contributed by atoms with E-state index in [1.54, 1.807) is 18.2 Å². The first-order valence-electron chi connectivity index (χ1n) is 6.46. The van der Waals surface area contributed by atoms with Crippen LogP contribution in [0.25, 0.3) is 0 Å². The highest BCUT2D eigenvalue weighted by Crippen LogP contribution is 2.26. The summed E-state index contributed by atoms with van der Waals surface area (Å²) in [5, 5.41) is 0. The number of nitrogens with two attached hydrogens (primary N) is 1. The highest BCUT2D eigenvalue weighted by atomic mass is 16.5. The van der Waals surface area contributed by atoms with Crippen LogP contribution in [0.5, 0.6) is 0 Å². The molecule has 0 bridgehead atoms. The lowest BCUT2D eigenvalue weighted by atomic mass is 10.1. The van der Waals surface area contributed by atoms with Crippen molar-refractivity contribution >= 4 is 17.3 Å². The second kappa shape index (κ2) is 5.93. The quantitative estimate of drug-likeness (QED) is 0.650. The molecule has 2 N–H and O–H groups in total. The predicted molar refractivity (Wildman–Crippen MR) is 74.4 cm³/mol. The molecule has 104 valence electrons. The topological polar surface area (TPSA) is 64.8 Å². The van der Waals surface area contributed by atoms with Crippen molar-refractivity contribution in [2.45, 2.75) is 19.4 Å². The van der Waals surface area contributed by atoms with Crippen molar-refractivity contribution in [3.05, 3.63) is 23.8 Å². The minimum Gasteiger partial charge on any atom is -0.465 e. The molecule has 0 aromatic heterocycles. The van der Waals surface area contributed by atoms with Crippen molar-refractivity contribution in [2.24, 2.45) is 0 Å². The van der Waals surface area contributed by atoms with Crippen molar-refractivity contribution in [3.63, 3.8) is 0 Å². The molecule has 0 saturated carbocycles. The Morgan fingerprint density at radius 2 is 2.32 bits per heavy atom. The third kappa shape index (κ3) is 3.17. The summed E-state index contributed by atoms with van der Waals surface area (Å²) in [6.07, 6.45) is 1.11. The van der Waals surface area contributed by atoms with Gasteiger partial charge >= 0.3 is 5.97 Å². The van der Waals surface area contributed by atoms with Gasteiger partial charge in [-0.15, -0.1) is 0 Å². The lowest BCUT2D eigenvalue weighted by Crippen LogP contribution is -2.30. The van der Waals surface area contributed by atoms with Gasteiger partial charge in [0.2, 0.25) is 0 Å². The van der Waals surface area contributed by atoms with Crippen molar-refractivity contribution in [1.29, 1.82) is 0 Å². The van der Waals surface area contributed by atoms with Gasteiger partial charge in [0.15, 0.2) is 0 Å². The second-order valence-corrected chi connectivity index (χ2v) is 4.75. The maximum absolute atomic E-state index is 11.6. The van der Waals surface area contributed by atoms with E-state index in [0.717, 1.165) is 31.8 Å². The third-order valence-electron chi connectivity index (χ3n) is 3.24. The van der Waals surface area contributed by atoms with E-state index < -0.39 is 0 Å². The van der Waals surface area contributed by atoms with Crippen LogP contribution in [0.2, 0.25) is 0 Å². The highest BCUT2D eigenvalue weighted by Gasteiger charge is 2.18. The maximum atomic E-state index is 11.6. The number of methoxy groups -OCH3 is 1. The van der Waals surface area contributed by atoms with E-state index in [-0.39, 0.29) is 12.1 Å². The second-order valence-electron chi connectivity index (χ2n) is 4.75. The summed E-state index contributed by atoms with van der Waals surface area (Å²) >= 11 is 0. The van der Waals surface area contributed by atoms with Gasteiger partial charge in [-0.2, -0.15) is 0 Å². The molecule has 1 aromatic carbocycles. The molecule has 1 aliphatic heterocycles. The van der Waals surface area contributed by atoms with Crippen LogP contribution in [0, 0.1) is 0 Å². The van der Waals surface area contributed by atoms with Gasteiger partial charge in [0.1, 0.15) is 0 Å². The van der Waals surface area contributed by atoms with Crippen LogP contribution in [0.4, 0.5) is 11.4 Å². The molecule has 1 aromatic rings. The molecule has 1 aliphatic rings. The van der Waals surface area contributed by atoms with E-state index in [9.17, 15) is 4.79 Å². The molecule has 1 heterocycles. The Hall–Kier alpha value is -1.75. The van der Waals surface area contributed by atoms with Crippen molar-refractivity contribution in [3.8, 4) is 0 Å². The summed E-state index contributed by atoms with van der Waals surface area (Å²) in [6, 6.07) is 5.22. The molecular formula is C14H20N2O3. The Balaban J connectivity index is 2.29. The van der Waals surface area contributed by atoms with Crippen LogP contribution < -0.4 is 10.6 Å². The van der Waals surface area contributed by atoms with E-state index in [1.807, 2.05) is 6.92 Å². The molecule has 2 rings (SSSR count). The zero-order valence-electron chi connectivity index (χ0n) is 11.4. The number of ether oxygens (including phenoxy) is 2. The number of carbonyl (C=O) groups is 1. The Kier molecular flexibility index (Phi) is 4.27. The van der Waals surface area contributed by atoms with Gasteiger partial charge in [-0.05, 0) is 31.5 Å². The van der Waals surface area contributed by atoms with Crippen LogP contribution in [0.1, 0.15) is 23.7 Å². The summed E-state index contributed by atoms with van der Waals surface area (Å²) in [4.78, 5) is 13.8. The van der Waals surface area contributed by atoms with Crippen LogP contribution >= 0.6 is 0 Å². The molecule has 1 unspecified atom stereocenters. The number of nitrogen functional groups attached to an aromatic ring is 1. The first-order valence-corrected chi connectivity index (χ1v) is 6.46. The molecule has 1 saturated heterocycles. The fraction of sp³-hybridized carbons (Fsp3) is 0.500. The highest BCUT2D eigenvalue weighted by molar-refractivity contribution is 5.92. The monoisotopic (exact) mass is 264 g/mol. The number of hydrogen-bond acceptors (Lipinski definition) is 5. The van der Waals surface area contributed by atoms with Gasteiger partial charge < -0.3 is 20.1 Å². The van der Waals surface area contributed by atoms with Gasteiger partial charge in [0, 0.05) is 19.7 Å². The number of anilines is 2. The van der Waals surface area contributed by atoms with Crippen LogP contribution in [-0.2, 0) is 9.47 Å². The predicted octanol–water partition coefficient (Wildman–Crippen LogP) is 1.67. The SMILES string of the molecule is COC(=O)c1ccc(N)c(N2CCCOC(C)C2)c1. The van der Waals surface area contributed by atoms with E-state index >= 15 is 0 Å². The van der Waals surface area contributed by atoms with Gasteiger partial charge in [0.05, 0.1) is 30.2 Å². The Labute approximate surface area is 113 Å². The standard InChI is InChI=1S/C14H20N2O3/c1-10-9-16(6-3-7-19-10)13-8-11(14(17)18-2)4-5-12(13)15/h4-5,8,10H,3,6-7,9,15H2,1-2H3. The number of benzene rings is 1. The van der Waals surface area contributed by atoms with Gasteiger partial charge in [-0.25, -0.2) is 4.79 Å². The summed E-state index contributed by atoms with van der Waals surface area (Å²) in [6.45, 7) is 4.45. The zero-order chi connectivity index (χ0) is 13.8. The first kappa shape index (κ1) is 13.7. The van der Waals surface area contributed by atoms with E-state index in [0.29, 0.717) is 11.3 Å². The van der Waals surface area contributed by atoms with Gasteiger partial charge in [-0.1, -0.05) is 0 Å².